The molecule has 0 amide bonds. The first-order valence-corrected chi connectivity index (χ1v) is 5.21. The summed E-state index contributed by atoms with van der Waals surface area (Å²) in [5, 5.41) is 2.61. The molecule has 0 bridgehead atoms. The van der Waals surface area contributed by atoms with Crippen molar-refractivity contribution in [1.82, 2.24) is 0 Å². The van der Waals surface area contributed by atoms with Gasteiger partial charge in [0.1, 0.15) is 0 Å². The van der Waals surface area contributed by atoms with Crippen LogP contribution in [0.15, 0.2) is 0 Å². The van der Waals surface area contributed by atoms with E-state index in [0.29, 0.717) is 0 Å². The van der Waals surface area contributed by atoms with Gasteiger partial charge in [-0.3, -0.25) is 0 Å². The Bertz CT molecular complexity index is 131. The minimum atomic E-state index is 0.994. The van der Waals surface area contributed by atoms with Crippen molar-refractivity contribution >= 4 is 0 Å². The van der Waals surface area contributed by atoms with Crippen LogP contribution in [-0.2, 0) is 0 Å². The lowest BCUT2D eigenvalue weighted by molar-refractivity contribution is -0.713. The van der Waals surface area contributed by atoms with Crippen LogP contribution in [-0.4, -0.2) is 12.6 Å². The highest BCUT2D eigenvalue weighted by molar-refractivity contribution is 4.80. The smallest absolute Gasteiger partial charge is 0.0913 e. The Balaban J connectivity index is 1.99. The van der Waals surface area contributed by atoms with Crippen molar-refractivity contribution in [3.63, 3.8) is 0 Å². The van der Waals surface area contributed by atoms with E-state index in [4.69, 9.17) is 0 Å². The number of rotatable bonds is 0. The monoisotopic (exact) mass is 154 g/mol. The van der Waals surface area contributed by atoms with Crippen molar-refractivity contribution in [2.24, 2.45) is 11.8 Å². The largest absolute Gasteiger partial charge is 0.343 e. The van der Waals surface area contributed by atoms with Crippen molar-refractivity contribution in [2.45, 2.75) is 45.1 Å². The van der Waals surface area contributed by atoms with Crippen molar-refractivity contribution in [2.75, 3.05) is 6.54 Å². The molecule has 1 aliphatic carbocycles. The molecule has 11 heavy (non-hydrogen) atoms. The van der Waals surface area contributed by atoms with Gasteiger partial charge in [0.2, 0.25) is 0 Å². The number of piperidine rings is 1. The average Bonchev–Trinajstić information content (AvgIpc) is 2.06. The molecule has 0 radical (unpaired) electrons. The molecule has 1 nitrogen and oxygen atoms in total. The number of nitrogens with two attached hydrogens (primary N) is 1. The van der Waals surface area contributed by atoms with Crippen LogP contribution >= 0.6 is 0 Å². The molecule has 0 spiro atoms. The number of quaternary nitrogens is 1. The summed E-state index contributed by atoms with van der Waals surface area (Å²) in [5.41, 5.74) is 0. The molecular formula is C10H20N+. The van der Waals surface area contributed by atoms with E-state index in [9.17, 15) is 0 Å². The van der Waals surface area contributed by atoms with Crippen LogP contribution in [0.3, 0.4) is 0 Å². The van der Waals surface area contributed by atoms with Crippen molar-refractivity contribution in [3.05, 3.63) is 0 Å². The molecule has 0 unspecified atom stereocenters. The second kappa shape index (κ2) is 3.14. The standard InChI is InChI=1S/C10H19N/c1-8-4-2-5-9-6-3-7-11-10(8)9/h8-11H,2-7H2,1H3/p+1/t8-,9+,10-/m0/s1. The zero-order chi connectivity index (χ0) is 7.68. The molecule has 2 fully saturated rings. The van der Waals surface area contributed by atoms with Gasteiger partial charge in [0.15, 0.2) is 0 Å². The van der Waals surface area contributed by atoms with Crippen LogP contribution in [0.5, 0.6) is 0 Å². The molecule has 1 heteroatoms. The summed E-state index contributed by atoms with van der Waals surface area (Å²) < 4.78 is 0. The van der Waals surface area contributed by atoms with Gasteiger partial charge < -0.3 is 5.32 Å². The molecule has 64 valence electrons. The Morgan fingerprint density at radius 3 is 2.73 bits per heavy atom. The average molecular weight is 154 g/mol. The lowest BCUT2D eigenvalue weighted by Gasteiger charge is -2.37. The van der Waals surface area contributed by atoms with E-state index in [1.807, 2.05) is 0 Å². The van der Waals surface area contributed by atoms with Crippen LogP contribution in [0.2, 0.25) is 0 Å². The first-order chi connectivity index (χ1) is 5.38. The second-order valence-electron chi connectivity index (χ2n) is 4.41. The number of fused-ring (bicyclic) bond motifs is 1. The summed E-state index contributed by atoms with van der Waals surface area (Å²) >= 11 is 0. The summed E-state index contributed by atoms with van der Waals surface area (Å²) in [7, 11) is 0. The topological polar surface area (TPSA) is 16.6 Å². The summed E-state index contributed by atoms with van der Waals surface area (Å²) in [6.07, 6.45) is 7.48. The van der Waals surface area contributed by atoms with E-state index in [1.54, 1.807) is 0 Å². The molecule has 0 aromatic carbocycles. The Morgan fingerprint density at radius 1 is 1.09 bits per heavy atom. The fourth-order valence-electron chi connectivity index (χ4n) is 3.00. The molecular weight excluding hydrogens is 134 g/mol. The molecule has 3 atom stereocenters. The van der Waals surface area contributed by atoms with Gasteiger partial charge in [-0.05, 0) is 25.7 Å². The van der Waals surface area contributed by atoms with Crippen LogP contribution in [0, 0.1) is 11.8 Å². The maximum atomic E-state index is 2.61. The third-order valence-electron chi connectivity index (χ3n) is 3.65. The Morgan fingerprint density at radius 2 is 1.91 bits per heavy atom. The second-order valence-corrected chi connectivity index (χ2v) is 4.41. The summed E-state index contributed by atoms with van der Waals surface area (Å²) in [4.78, 5) is 0. The van der Waals surface area contributed by atoms with E-state index < -0.39 is 0 Å². The highest BCUT2D eigenvalue weighted by atomic mass is 14.9. The van der Waals surface area contributed by atoms with Crippen molar-refractivity contribution in [1.29, 1.82) is 0 Å². The molecule has 2 aliphatic rings. The van der Waals surface area contributed by atoms with Crippen LogP contribution in [0.4, 0.5) is 0 Å². The van der Waals surface area contributed by atoms with Gasteiger partial charge >= 0.3 is 0 Å². The predicted octanol–water partition coefficient (Wildman–Crippen LogP) is 1.15. The normalized spacial score (nSPS) is 45.0. The fraction of sp³-hybridized carbons (Fsp3) is 1.00. The lowest BCUT2D eigenvalue weighted by Crippen LogP contribution is -2.94. The van der Waals surface area contributed by atoms with Crippen LogP contribution in [0.25, 0.3) is 0 Å². The highest BCUT2D eigenvalue weighted by Gasteiger charge is 2.35. The van der Waals surface area contributed by atoms with Gasteiger partial charge in [0.25, 0.3) is 0 Å². The molecule has 1 aliphatic heterocycles. The maximum Gasteiger partial charge on any atom is 0.0913 e. The lowest BCUT2D eigenvalue weighted by atomic mass is 9.74. The van der Waals surface area contributed by atoms with Gasteiger partial charge in [0.05, 0.1) is 12.6 Å². The summed E-state index contributed by atoms with van der Waals surface area (Å²) in [6, 6.07) is 0.998. The Labute approximate surface area is 69.6 Å². The van der Waals surface area contributed by atoms with E-state index in [0.717, 1.165) is 17.9 Å². The minimum absolute atomic E-state index is 0.994. The van der Waals surface area contributed by atoms with E-state index in [-0.39, 0.29) is 0 Å². The van der Waals surface area contributed by atoms with Crippen molar-refractivity contribution < 1.29 is 5.32 Å². The fourth-order valence-corrected chi connectivity index (χ4v) is 3.00. The van der Waals surface area contributed by atoms with Gasteiger partial charge in [-0.2, -0.15) is 0 Å². The molecule has 1 saturated carbocycles. The first-order valence-electron chi connectivity index (χ1n) is 5.21. The van der Waals surface area contributed by atoms with Gasteiger partial charge in [-0.1, -0.05) is 13.3 Å². The molecule has 1 heterocycles. The number of hydrogen-bond acceptors (Lipinski definition) is 0. The quantitative estimate of drug-likeness (QED) is 0.539. The van der Waals surface area contributed by atoms with Crippen LogP contribution in [0.1, 0.15) is 39.0 Å². The van der Waals surface area contributed by atoms with Crippen LogP contribution < -0.4 is 5.32 Å². The van der Waals surface area contributed by atoms with Gasteiger partial charge in [-0.25, -0.2) is 0 Å². The zero-order valence-corrected chi connectivity index (χ0v) is 7.55. The third kappa shape index (κ3) is 1.44. The molecule has 2 N–H and O–H groups in total. The molecule has 1 saturated heterocycles. The molecule has 0 aromatic heterocycles. The Hall–Kier alpha value is -0.0400. The summed E-state index contributed by atoms with van der Waals surface area (Å²) in [6.45, 7) is 3.84. The predicted molar refractivity (Wildman–Crippen MR) is 46.3 cm³/mol. The maximum absolute atomic E-state index is 2.61. The highest BCUT2D eigenvalue weighted by Crippen LogP contribution is 2.31. The molecule has 2 rings (SSSR count). The van der Waals surface area contributed by atoms with Crippen molar-refractivity contribution in [3.8, 4) is 0 Å². The summed E-state index contributed by atoms with van der Waals surface area (Å²) in [5.74, 6) is 2.07. The van der Waals surface area contributed by atoms with Gasteiger partial charge in [-0.15, -0.1) is 0 Å². The zero-order valence-electron chi connectivity index (χ0n) is 7.55. The SMILES string of the molecule is C[C@H]1CCC[C@@H]2CCC[NH2+][C@H]21. The van der Waals surface area contributed by atoms with Gasteiger partial charge in [0, 0.05) is 11.8 Å². The van der Waals surface area contributed by atoms with E-state index >= 15 is 0 Å². The van der Waals surface area contributed by atoms with E-state index in [1.165, 1.54) is 38.6 Å². The minimum Gasteiger partial charge on any atom is -0.343 e. The third-order valence-corrected chi connectivity index (χ3v) is 3.65. The molecule has 0 aromatic rings. The first kappa shape index (κ1) is 7.60. The number of hydrogen-bond donors (Lipinski definition) is 1. The van der Waals surface area contributed by atoms with E-state index in [2.05, 4.69) is 12.2 Å². The Kier molecular flexibility index (Phi) is 2.17.